The number of nitrogens with one attached hydrogen (secondary N) is 1. The molecule has 1 N–H and O–H groups in total. The first-order valence-corrected chi connectivity index (χ1v) is 13.6. The predicted molar refractivity (Wildman–Crippen MR) is 137 cm³/mol. The van der Waals surface area contributed by atoms with E-state index in [4.69, 9.17) is 4.74 Å². The third-order valence-electron chi connectivity index (χ3n) is 5.43. The van der Waals surface area contributed by atoms with Crippen LogP contribution in [-0.2, 0) is 26.2 Å². The van der Waals surface area contributed by atoms with Gasteiger partial charge in [0.05, 0.1) is 19.1 Å². The van der Waals surface area contributed by atoms with Crippen LogP contribution in [0.4, 0.5) is 5.69 Å². The molecule has 0 bridgehead atoms. The van der Waals surface area contributed by atoms with E-state index in [0.717, 1.165) is 22.5 Å². The summed E-state index contributed by atoms with van der Waals surface area (Å²) in [5.41, 5.74) is 1.10. The topological polar surface area (TPSA) is 96.0 Å². The third kappa shape index (κ3) is 7.73. The molecule has 34 heavy (non-hydrogen) atoms. The van der Waals surface area contributed by atoms with Gasteiger partial charge in [0.2, 0.25) is 21.8 Å². The van der Waals surface area contributed by atoms with Crippen molar-refractivity contribution in [1.29, 1.82) is 0 Å². The Balaban J connectivity index is 2.40. The number of anilines is 1. The van der Waals surface area contributed by atoms with Crippen molar-refractivity contribution in [3.05, 3.63) is 58.6 Å². The summed E-state index contributed by atoms with van der Waals surface area (Å²) in [6, 6.07) is 13.0. The van der Waals surface area contributed by atoms with E-state index in [-0.39, 0.29) is 18.5 Å². The van der Waals surface area contributed by atoms with Gasteiger partial charge in [-0.05, 0) is 56.2 Å². The Hall–Kier alpha value is -2.59. The number of hydrogen-bond acceptors (Lipinski definition) is 5. The Kier molecular flexibility index (Phi) is 9.93. The molecule has 0 saturated carbocycles. The van der Waals surface area contributed by atoms with Gasteiger partial charge in [0, 0.05) is 17.1 Å². The number of carbonyl (C=O) groups is 2. The lowest BCUT2D eigenvalue weighted by molar-refractivity contribution is -0.139. The van der Waals surface area contributed by atoms with Crippen LogP contribution in [0.2, 0.25) is 0 Å². The number of carbonyl (C=O) groups excluding carboxylic acids is 2. The second-order valence-corrected chi connectivity index (χ2v) is 10.9. The number of hydrogen-bond donors (Lipinski definition) is 1. The summed E-state index contributed by atoms with van der Waals surface area (Å²) in [6.45, 7) is 5.15. The van der Waals surface area contributed by atoms with Crippen molar-refractivity contribution in [1.82, 2.24) is 10.2 Å². The Labute approximate surface area is 210 Å². The molecule has 10 heteroatoms. The minimum absolute atomic E-state index is 0.0575. The minimum atomic E-state index is -3.77. The predicted octanol–water partition coefficient (Wildman–Crippen LogP) is 3.56. The van der Waals surface area contributed by atoms with E-state index in [1.54, 1.807) is 56.5 Å². The highest BCUT2D eigenvalue weighted by Crippen LogP contribution is 2.23. The maximum Gasteiger partial charge on any atom is 0.244 e. The lowest BCUT2D eigenvalue weighted by Crippen LogP contribution is -2.52. The fourth-order valence-electron chi connectivity index (χ4n) is 3.26. The van der Waals surface area contributed by atoms with Gasteiger partial charge in [-0.1, -0.05) is 41.1 Å². The van der Waals surface area contributed by atoms with Gasteiger partial charge in [-0.2, -0.15) is 0 Å². The van der Waals surface area contributed by atoms with Crippen molar-refractivity contribution in [2.24, 2.45) is 0 Å². The van der Waals surface area contributed by atoms with Crippen LogP contribution in [0.3, 0.4) is 0 Å². The zero-order valence-electron chi connectivity index (χ0n) is 20.1. The van der Waals surface area contributed by atoms with E-state index in [0.29, 0.717) is 15.9 Å². The van der Waals surface area contributed by atoms with Gasteiger partial charge in [0.25, 0.3) is 0 Å². The zero-order valence-corrected chi connectivity index (χ0v) is 22.5. The average Bonchev–Trinajstić information content (AvgIpc) is 2.79. The molecular formula is C24H32BrN3O5S. The molecule has 0 unspecified atom stereocenters. The Morgan fingerprint density at radius 2 is 1.79 bits per heavy atom. The molecule has 186 valence electrons. The summed E-state index contributed by atoms with van der Waals surface area (Å²) in [7, 11) is -2.22. The highest BCUT2D eigenvalue weighted by atomic mass is 79.9. The number of rotatable bonds is 11. The number of ether oxygens (including phenoxy) is 1. The van der Waals surface area contributed by atoms with Gasteiger partial charge in [-0.15, -0.1) is 0 Å². The van der Waals surface area contributed by atoms with E-state index in [2.05, 4.69) is 21.2 Å². The van der Waals surface area contributed by atoms with Crippen LogP contribution in [-0.4, -0.2) is 57.1 Å². The molecule has 2 rings (SSSR count). The molecule has 0 spiro atoms. The van der Waals surface area contributed by atoms with Gasteiger partial charge >= 0.3 is 0 Å². The molecule has 0 heterocycles. The summed E-state index contributed by atoms with van der Waals surface area (Å²) in [6.07, 6.45) is 1.79. The van der Waals surface area contributed by atoms with Gasteiger partial charge < -0.3 is 15.0 Å². The lowest BCUT2D eigenvalue weighted by Gasteiger charge is -2.32. The maximum atomic E-state index is 13.5. The first-order chi connectivity index (χ1) is 16.0. The van der Waals surface area contributed by atoms with Crippen molar-refractivity contribution in [3.63, 3.8) is 0 Å². The number of sulfonamides is 1. The number of methoxy groups -OCH3 is 1. The summed E-state index contributed by atoms with van der Waals surface area (Å²) in [4.78, 5) is 27.8. The number of halogens is 1. The van der Waals surface area contributed by atoms with Crippen molar-refractivity contribution in [2.75, 3.05) is 24.2 Å². The summed E-state index contributed by atoms with van der Waals surface area (Å²) < 4.78 is 32.1. The molecule has 0 aliphatic rings. The van der Waals surface area contributed by atoms with E-state index >= 15 is 0 Å². The van der Waals surface area contributed by atoms with E-state index in [1.807, 2.05) is 19.9 Å². The summed E-state index contributed by atoms with van der Waals surface area (Å²) in [5, 5.41) is 2.90. The normalized spacial score (nSPS) is 13.0. The third-order valence-corrected chi connectivity index (χ3v) is 7.06. The van der Waals surface area contributed by atoms with Gasteiger partial charge in [0.15, 0.2) is 0 Å². The molecular weight excluding hydrogens is 522 g/mol. The Morgan fingerprint density at radius 1 is 1.12 bits per heavy atom. The molecule has 0 fully saturated rings. The monoisotopic (exact) mass is 553 g/mol. The van der Waals surface area contributed by atoms with Crippen LogP contribution in [0.1, 0.15) is 32.8 Å². The Bertz CT molecular complexity index is 1110. The maximum absolute atomic E-state index is 13.5. The van der Waals surface area contributed by atoms with Crippen LogP contribution < -0.4 is 14.4 Å². The summed E-state index contributed by atoms with van der Waals surface area (Å²) >= 11 is 3.34. The van der Waals surface area contributed by atoms with Gasteiger partial charge in [-0.25, -0.2) is 8.42 Å². The second kappa shape index (κ2) is 12.2. The first kappa shape index (κ1) is 27.7. The van der Waals surface area contributed by atoms with Crippen LogP contribution in [0, 0.1) is 0 Å². The van der Waals surface area contributed by atoms with Gasteiger partial charge in [-0.3, -0.25) is 13.9 Å². The lowest BCUT2D eigenvalue weighted by atomic mass is 10.1. The fraction of sp³-hybridized carbons (Fsp3) is 0.417. The minimum Gasteiger partial charge on any atom is -0.497 e. The molecule has 0 saturated heterocycles. The van der Waals surface area contributed by atoms with Crippen molar-refractivity contribution < 1.29 is 22.7 Å². The number of benzene rings is 2. The molecule has 2 atom stereocenters. The van der Waals surface area contributed by atoms with Crippen LogP contribution in [0.25, 0.3) is 0 Å². The van der Waals surface area contributed by atoms with Crippen molar-refractivity contribution in [2.45, 2.75) is 45.8 Å². The van der Waals surface area contributed by atoms with Crippen molar-refractivity contribution >= 4 is 43.5 Å². The smallest absolute Gasteiger partial charge is 0.244 e. The largest absolute Gasteiger partial charge is 0.497 e. The zero-order chi connectivity index (χ0) is 25.5. The highest BCUT2D eigenvalue weighted by Gasteiger charge is 2.30. The summed E-state index contributed by atoms with van der Waals surface area (Å²) in [5.74, 6) is -0.188. The Morgan fingerprint density at radius 3 is 2.38 bits per heavy atom. The molecule has 0 radical (unpaired) electrons. The molecule has 2 amide bonds. The van der Waals surface area contributed by atoms with Gasteiger partial charge in [0.1, 0.15) is 18.3 Å². The molecule has 2 aromatic carbocycles. The van der Waals surface area contributed by atoms with Crippen LogP contribution >= 0.6 is 15.9 Å². The number of nitrogens with zero attached hydrogens (tertiary/aromatic N) is 2. The van der Waals surface area contributed by atoms with Crippen LogP contribution in [0.5, 0.6) is 5.75 Å². The fourth-order valence-corrected chi connectivity index (χ4v) is 4.49. The van der Waals surface area contributed by atoms with E-state index < -0.39 is 28.5 Å². The standard InChI is InChI=1S/C24H32BrN3O5S/c1-6-17(2)26-24(30)18(3)27(15-19-9-7-12-22(13-19)33-4)23(29)16-28(34(5,31)32)21-11-8-10-20(25)14-21/h7-14,17-18H,6,15-16H2,1-5H3,(H,26,30)/t17-,18+/m0/s1. The first-order valence-electron chi connectivity index (χ1n) is 10.9. The quantitative estimate of drug-likeness (QED) is 0.459. The highest BCUT2D eigenvalue weighted by molar-refractivity contribution is 9.10. The molecule has 8 nitrogen and oxygen atoms in total. The number of amides is 2. The SMILES string of the molecule is CC[C@H](C)NC(=O)[C@@H](C)N(Cc1cccc(OC)c1)C(=O)CN(c1cccc(Br)c1)S(C)(=O)=O. The molecule has 0 aliphatic carbocycles. The molecule has 0 aromatic heterocycles. The average molecular weight is 555 g/mol. The second-order valence-electron chi connectivity index (χ2n) is 8.12. The van der Waals surface area contributed by atoms with Crippen LogP contribution in [0.15, 0.2) is 53.0 Å². The van der Waals surface area contributed by atoms with E-state index in [1.165, 1.54) is 4.90 Å². The molecule has 2 aromatic rings. The van der Waals surface area contributed by atoms with Crippen molar-refractivity contribution in [3.8, 4) is 5.75 Å². The molecule has 0 aliphatic heterocycles. The van der Waals surface area contributed by atoms with E-state index in [9.17, 15) is 18.0 Å².